The van der Waals surface area contributed by atoms with Gasteiger partial charge in [0.2, 0.25) is 0 Å². The highest BCUT2D eigenvalue weighted by atomic mass is 16.5. The number of hydrogen-bond acceptors (Lipinski definition) is 3. The minimum atomic E-state index is -0.0346. The molecule has 3 aliphatic rings. The van der Waals surface area contributed by atoms with Crippen LogP contribution in [0.4, 0.5) is 0 Å². The number of aliphatic hydroxyl groups is 1. The largest absolute Gasteiger partial charge is 0.393 e. The molecular formula is C15H27NO2. The average molecular weight is 253 g/mol. The zero-order valence-electron chi connectivity index (χ0n) is 11.4. The Morgan fingerprint density at radius 1 is 1.17 bits per heavy atom. The predicted octanol–water partition coefficient (Wildman–Crippen LogP) is 2.23. The first kappa shape index (κ1) is 12.9. The van der Waals surface area contributed by atoms with E-state index >= 15 is 0 Å². The van der Waals surface area contributed by atoms with Gasteiger partial charge in [-0.15, -0.1) is 0 Å². The Balaban J connectivity index is 1.45. The number of aliphatic hydroxyl groups excluding tert-OH is 1. The summed E-state index contributed by atoms with van der Waals surface area (Å²) in [6.45, 7) is 2.03. The molecule has 2 saturated carbocycles. The van der Waals surface area contributed by atoms with Crippen LogP contribution in [-0.2, 0) is 4.74 Å². The fraction of sp³-hybridized carbons (Fsp3) is 1.00. The maximum absolute atomic E-state index is 9.56. The molecule has 18 heavy (non-hydrogen) atoms. The van der Waals surface area contributed by atoms with E-state index in [1.807, 2.05) is 0 Å². The Bertz CT molecular complexity index is 276. The molecule has 0 aromatic heterocycles. The monoisotopic (exact) mass is 253 g/mol. The number of nitrogens with one attached hydrogen (secondary N) is 1. The van der Waals surface area contributed by atoms with Crippen molar-refractivity contribution >= 4 is 0 Å². The van der Waals surface area contributed by atoms with Gasteiger partial charge >= 0.3 is 0 Å². The van der Waals surface area contributed by atoms with Gasteiger partial charge < -0.3 is 15.2 Å². The summed E-state index contributed by atoms with van der Waals surface area (Å²) in [7, 11) is 0. The van der Waals surface area contributed by atoms with Gasteiger partial charge in [0.25, 0.3) is 0 Å². The van der Waals surface area contributed by atoms with Crippen molar-refractivity contribution in [2.45, 2.75) is 75.5 Å². The summed E-state index contributed by atoms with van der Waals surface area (Å²) in [5, 5.41) is 13.3. The van der Waals surface area contributed by atoms with E-state index in [0.717, 1.165) is 32.4 Å². The predicted molar refractivity (Wildman–Crippen MR) is 71.5 cm³/mol. The number of rotatable bonds is 3. The Hall–Kier alpha value is -0.120. The highest BCUT2D eigenvalue weighted by molar-refractivity contribution is 4.93. The Morgan fingerprint density at radius 2 is 2.00 bits per heavy atom. The lowest BCUT2D eigenvalue weighted by Crippen LogP contribution is -2.46. The molecule has 0 amide bonds. The highest BCUT2D eigenvalue weighted by Crippen LogP contribution is 2.40. The summed E-state index contributed by atoms with van der Waals surface area (Å²) in [5.41, 5.74) is 0.227. The minimum absolute atomic E-state index is 0.0346. The zero-order chi connectivity index (χ0) is 12.4. The van der Waals surface area contributed by atoms with E-state index in [1.165, 1.54) is 38.5 Å². The molecule has 1 spiro atoms. The smallest absolute Gasteiger partial charge is 0.0697 e. The summed E-state index contributed by atoms with van der Waals surface area (Å²) < 4.78 is 6.07. The van der Waals surface area contributed by atoms with Gasteiger partial charge in [0.1, 0.15) is 0 Å². The van der Waals surface area contributed by atoms with Crippen LogP contribution in [0.3, 0.4) is 0 Å². The van der Waals surface area contributed by atoms with Crippen LogP contribution < -0.4 is 5.32 Å². The van der Waals surface area contributed by atoms with Crippen molar-refractivity contribution in [3.05, 3.63) is 0 Å². The molecule has 0 radical (unpaired) electrons. The van der Waals surface area contributed by atoms with E-state index in [1.54, 1.807) is 0 Å². The number of hydrogen-bond donors (Lipinski definition) is 2. The van der Waals surface area contributed by atoms with Crippen LogP contribution in [0.15, 0.2) is 0 Å². The van der Waals surface area contributed by atoms with Crippen molar-refractivity contribution < 1.29 is 9.84 Å². The Kier molecular flexibility index (Phi) is 3.92. The first-order valence-electron chi connectivity index (χ1n) is 7.81. The van der Waals surface area contributed by atoms with Crippen LogP contribution in [0.5, 0.6) is 0 Å². The molecule has 3 rings (SSSR count). The van der Waals surface area contributed by atoms with E-state index in [9.17, 15) is 5.11 Å². The fourth-order valence-corrected chi connectivity index (χ4v) is 4.14. The second kappa shape index (κ2) is 5.48. The van der Waals surface area contributed by atoms with Crippen LogP contribution in [0, 0.1) is 5.92 Å². The quantitative estimate of drug-likeness (QED) is 0.810. The van der Waals surface area contributed by atoms with Crippen LogP contribution >= 0.6 is 0 Å². The third-order valence-corrected chi connectivity index (χ3v) is 5.22. The van der Waals surface area contributed by atoms with E-state index in [2.05, 4.69) is 5.32 Å². The first-order valence-corrected chi connectivity index (χ1v) is 7.81. The SMILES string of the molecule is OC1CCC(CNC2CCOC3(CCCC3)C2)C1. The summed E-state index contributed by atoms with van der Waals surface area (Å²) in [4.78, 5) is 0. The third kappa shape index (κ3) is 2.89. The van der Waals surface area contributed by atoms with Crippen LogP contribution in [0.1, 0.15) is 57.8 Å². The van der Waals surface area contributed by atoms with Gasteiger partial charge in [-0.25, -0.2) is 0 Å². The molecule has 0 aromatic carbocycles. The van der Waals surface area contributed by atoms with Crippen molar-refractivity contribution in [2.24, 2.45) is 5.92 Å². The van der Waals surface area contributed by atoms with Gasteiger partial charge in [-0.3, -0.25) is 0 Å². The molecule has 3 atom stereocenters. The lowest BCUT2D eigenvalue weighted by atomic mass is 9.88. The zero-order valence-corrected chi connectivity index (χ0v) is 11.4. The van der Waals surface area contributed by atoms with E-state index < -0.39 is 0 Å². The topological polar surface area (TPSA) is 41.5 Å². The maximum Gasteiger partial charge on any atom is 0.0697 e. The van der Waals surface area contributed by atoms with Gasteiger partial charge in [0.05, 0.1) is 11.7 Å². The fourth-order valence-electron chi connectivity index (χ4n) is 4.14. The molecule has 3 fully saturated rings. The molecule has 0 bridgehead atoms. The first-order chi connectivity index (χ1) is 8.76. The van der Waals surface area contributed by atoms with Gasteiger partial charge in [0, 0.05) is 12.6 Å². The highest BCUT2D eigenvalue weighted by Gasteiger charge is 2.39. The van der Waals surface area contributed by atoms with Gasteiger partial charge in [-0.1, -0.05) is 12.8 Å². The van der Waals surface area contributed by atoms with Gasteiger partial charge in [-0.2, -0.15) is 0 Å². The van der Waals surface area contributed by atoms with Crippen molar-refractivity contribution in [3.63, 3.8) is 0 Å². The Morgan fingerprint density at radius 3 is 2.72 bits per heavy atom. The molecule has 1 saturated heterocycles. The molecule has 2 aliphatic carbocycles. The van der Waals surface area contributed by atoms with Crippen molar-refractivity contribution in [3.8, 4) is 0 Å². The van der Waals surface area contributed by atoms with Crippen molar-refractivity contribution in [2.75, 3.05) is 13.2 Å². The normalized spacial score (nSPS) is 39.5. The standard InChI is InChI=1S/C15H27NO2/c17-14-4-3-12(9-14)11-16-13-5-8-18-15(10-13)6-1-2-7-15/h12-14,16-17H,1-11H2. The van der Waals surface area contributed by atoms with Crippen LogP contribution in [0.25, 0.3) is 0 Å². The van der Waals surface area contributed by atoms with Gasteiger partial charge in [-0.05, 0) is 57.4 Å². The summed E-state index contributed by atoms with van der Waals surface area (Å²) in [6.07, 6.45) is 10.8. The minimum Gasteiger partial charge on any atom is -0.393 e. The summed E-state index contributed by atoms with van der Waals surface area (Å²) >= 11 is 0. The van der Waals surface area contributed by atoms with Crippen molar-refractivity contribution in [1.82, 2.24) is 5.32 Å². The molecule has 1 heterocycles. The second-order valence-electron chi connectivity index (χ2n) is 6.67. The van der Waals surface area contributed by atoms with Crippen LogP contribution in [0.2, 0.25) is 0 Å². The lowest BCUT2D eigenvalue weighted by Gasteiger charge is -2.39. The molecule has 0 aromatic rings. The van der Waals surface area contributed by atoms with Crippen LogP contribution in [-0.4, -0.2) is 36.0 Å². The molecule has 3 heteroatoms. The summed E-state index contributed by atoms with van der Waals surface area (Å²) in [5.74, 6) is 0.697. The molecule has 104 valence electrons. The molecular weight excluding hydrogens is 226 g/mol. The second-order valence-corrected chi connectivity index (χ2v) is 6.67. The summed E-state index contributed by atoms with van der Waals surface area (Å²) in [6, 6.07) is 0.648. The molecule has 3 unspecified atom stereocenters. The molecule has 1 aliphatic heterocycles. The number of ether oxygens (including phenoxy) is 1. The molecule has 2 N–H and O–H groups in total. The maximum atomic E-state index is 9.56. The third-order valence-electron chi connectivity index (χ3n) is 5.22. The van der Waals surface area contributed by atoms with E-state index in [4.69, 9.17) is 4.74 Å². The van der Waals surface area contributed by atoms with E-state index in [-0.39, 0.29) is 11.7 Å². The Labute approximate surface area is 110 Å². The molecule has 3 nitrogen and oxygen atoms in total. The van der Waals surface area contributed by atoms with E-state index in [0.29, 0.717) is 12.0 Å². The lowest BCUT2D eigenvalue weighted by molar-refractivity contribution is -0.0838. The average Bonchev–Trinajstić information content (AvgIpc) is 2.97. The van der Waals surface area contributed by atoms with Crippen molar-refractivity contribution in [1.29, 1.82) is 0 Å². The van der Waals surface area contributed by atoms with Gasteiger partial charge in [0.15, 0.2) is 0 Å².